The molecule has 1 fully saturated rings. The smallest absolute Gasteiger partial charge is 0.254 e. The number of carbonyl (C=O) groups excluding carboxylic acids is 1. The maximum Gasteiger partial charge on any atom is 0.254 e. The molecule has 0 unspecified atom stereocenters. The molecule has 3 nitrogen and oxygen atoms in total. The average molecular weight is 330 g/mol. The molecule has 1 aliphatic rings. The van der Waals surface area contributed by atoms with Crippen LogP contribution in [0.5, 0.6) is 0 Å². The molecule has 1 aliphatic heterocycles. The standard InChI is InChI=1S/C19H21ClN2O/c1-15(17-9-5-6-10-18(17)20)21-11-13-22(14-12-21)19(23)16-7-3-2-4-8-16/h2-10,15H,11-14H2,1H3/p+1/t15-/m1/s1. The van der Waals surface area contributed by atoms with Crippen molar-refractivity contribution in [2.45, 2.75) is 13.0 Å². The lowest BCUT2D eigenvalue weighted by atomic mass is 10.1. The van der Waals surface area contributed by atoms with Crippen LogP contribution in [-0.2, 0) is 0 Å². The second-order valence-electron chi connectivity index (χ2n) is 6.06. The summed E-state index contributed by atoms with van der Waals surface area (Å²) in [5.41, 5.74) is 1.96. The van der Waals surface area contributed by atoms with Crippen molar-refractivity contribution in [3.8, 4) is 0 Å². The van der Waals surface area contributed by atoms with E-state index >= 15 is 0 Å². The Bertz CT molecular complexity index is 666. The van der Waals surface area contributed by atoms with E-state index in [9.17, 15) is 4.79 Å². The zero-order valence-electron chi connectivity index (χ0n) is 13.3. The van der Waals surface area contributed by atoms with Gasteiger partial charge in [0.1, 0.15) is 6.04 Å². The predicted molar refractivity (Wildman–Crippen MR) is 92.9 cm³/mol. The minimum Gasteiger partial charge on any atom is -0.327 e. The fourth-order valence-corrected chi connectivity index (χ4v) is 3.54. The first-order chi connectivity index (χ1) is 11.2. The van der Waals surface area contributed by atoms with Crippen LogP contribution in [0, 0.1) is 0 Å². The second-order valence-corrected chi connectivity index (χ2v) is 6.47. The Labute approximate surface area is 142 Å². The quantitative estimate of drug-likeness (QED) is 0.919. The number of benzene rings is 2. The fraction of sp³-hybridized carbons (Fsp3) is 0.316. The molecule has 120 valence electrons. The molecule has 0 aliphatic carbocycles. The molecule has 1 N–H and O–H groups in total. The molecule has 1 heterocycles. The monoisotopic (exact) mass is 329 g/mol. The van der Waals surface area contributed by atoms with Gasteiger partial charge in [-0.2, -0.15) is 0 Å². The van der Waals surface area contributed by atoms with Gasteiger partial charge in [0.15, 0.2) is 0 Å². The summed E-state index contributed by atoms with van der Waals surface area (Å²) in [5.74, 6) is 0.134. The number of nitrogens with zero attached hydrogens (tertiary/aromatic N) is 1. The fourth-order valence-electron chi connectivity index (χ4n) is 3.24. The van der Waals surface area contributed by atoms with E-state index < -0.39 is 0 Å². The first-order valence-corrected chi connectivity index (χ1v) is 8.48. The van der Waals surface area contributed by atoms with Crippen molar-refractivity contribution < 1.29 is 9.69 Å². The van der Waals surface area contributed by atoms with Crippen molar-refractivity contribution in [1.82, 2.24) is 4.90 Å². The van der Waals surface area contributed by atoms with Gasteiger partial charge >= 0.3 is 0 Å². The number of hydrogen-bond acceptors (Lipinski definition) is 1. The van der Waals surface area contributed by atoms with E-state index in [0.717, 1.165) is 36.8 Å². The molecule has 4 heteroatoms. The SMILES string of the molecule is C[C@H](c1ccccc1Cl)[NH+]1CCN(C(=O)c2ccccc2)CC1. The third-order valence-corrected chi connectivity index (χ3v) is 5.04. The molecule has 0 spiro atoms. The Morgan fingerprint density at radius 1 is 1.04 bits per heavy atom. The normalized spacial score (nSPS) is 17.0. The van der Waals surface area contributed by atoms with Crippen LogP contribution < -0.4 is 4.90 Å². The van der Waals surface area contributed by atoms with Crippen molar-refractivity contribution >= 4 is 17.5 Å². The van der Waals surface area contributed by atoms with E-state index in [0.29, 0.717) is 6.04 Å². The number of amides is 1. The lowest BCUT2D eigenvalue weighted by Crippen LogP contribution is -3.14. The summed E-state index contributed by atoms with van der Waals surface area (Å²) < 4.78 is 0. The number of halogens is 1. The molecule has 0 aromatic heterocycles. The summed E-state index contributed by atoms with van der Waals surface area (Å²) in [6.07, 6.45) is 0. The minimum atomic E-state index is 0.134. The van der Waals surface area contributed by atoms with E-state index in [1.807, 2.05) is 53.4 Å². The van der Waals surface area contributed by atoms with Crippen LogP contribution in [0.15, 0.2) is 54.6 Å². The molecule has 1 amide bonds. The van der Waals surface area contributed by atoms with E-state index in [2.05, 4.69) is 13.0 Å². The Morgan fingerprint density at radius 3 is 2.30 bits per heavy atom. The minimum absolute atomic E-state index is 0.134. The second kappa shape index (κ2) is 7.16. The van der Waals surface area contributed by atoms with Crippen LogP contribution in [0.25, 0.3) is 0 Å². The van der Waals surface area contributed by atoms with Gasteiger partial charge in [-0.15, -0.1) is 0 Å². The molecular weight excluding hydrogens is 308 g/mol. The average Bonchev–Trinajstić information content (AvgIpc) is 2.62. The van der Waals surface area contributed by atoms with E-state index in [-0.39, 0.29) is 5.91 Å². The zero-order valence-corrected chi connectivity index (χ0v) is 14.1. The Balaban J connectivity index is 1.62. The van der Waals surface area contributed by atoms with Crippen LogP contribution in [0.4, 0.5) is 0 Å². The Kier molecular flexibility index (Phi) is 4.99. The summed E-state index contributed by atoms with van der Waals surface area (Å²) in [5, 5.41) is 0.829. The maximum atomic E-state index is 12.5. The molecule has 1 atom stereocenters. The number of nitrogens with one attached hydrogen (secondary N) is 1. The lowest BCUT2D eigenvalue weighted by molar-refractivity contribution is -0.933. The molecule has 2 aromatic carbocycles. The van der Waals surface area contributed by atoms with Gasteiger partial charge in [0.05, 0.1) is 26.2 Å². The van der Waals surface area contributed by atoms with Gasteiger partial charge in [0.25, 0.3) is 5.91 Å². The Morgan fingerprint density at radius 2 is 1.65 bits per heavy atom. The van der Waals surface area contributed by atoms with Crippen molar-refractivity contribution in [2.24, 2.45) is 0 Å². The zero-order chi connectivity index (χ0) is 16.2. The highest BCUT2D eigenvalue weighted by Crippen LogP contribution is 2.20. The van der Waals surface area contributed by atoms with Gasteiger partial charge in [-0.25, -0.2) is 0 Å². The number of carbonyl (C=O) groups is 1. The molecule has 2 aromatic rings. The van der Waals surface area contributed by atoms with Crippen LogP contribution in [0.2, 0.25) is 5.02 Å². The maximum absolute atomic E-state index is 12.5. The summed E-state index contributed by atoms with van der Waals surface area (Å²) in [6, 6.07) is 17.9. The Hall–Kier alpha value is -1.84. The number of rotatable bonds is 3. The molecule has 0 radical (unpaired) electrons. The molecule has 0 bridgehead atoms. The largest absolute Gasteiger partial charge is 0.327 e. The van der Waals surface area contributed by atoms with Gasteiger partial charge in [-0.1, -0.05) is 48.0 Å². The third-order valence-electron chi connectivity index (χ3n) is 4.70. The number of piperazine rings is 1. The summed E-state index contributed by atoms with van der Waals surface area (Å²) >= 11 is 6.32. The van der Waals surface area contributed by atoms with Crippen LogP contribution in [0.3, 0.4) is 0 Å². The molecule has 1 saturated heterocycles. The lowest BCUT2D eigenvalue weighted by Gasteiger charge is -2.35. The predicted octanol–water partition coefficient (Wildman–Crippen LogP) is 2.44. The van der Waals surface area contributed by atoms with E-state index in [1.54, 1.807) is 0 Å². The van der Waals surface area contributed by atoms with Crippen LogP contribution in [0.1, 0.15) is 28.9 Å². The third kappa shape index (κ3) is 3.57. The van der Waals surface area contributed by atoms with Crippen LogP contribution in [-0.4, -0.2) is 37.0 Å². The summed E-state index contributed by atoms with van der Waals surface area (Å²) in [6.45, 7) is 5.69. The first-order valence-electron chi connectivity index (χ1n) is 8.10. The van der Waals surface area contributed by atoms with Crippen LogP contribution >= 0.6 is 11.6 Å². The van der Waals surface area contributed by atoms with Gasteiger partial charge in [0.2, 0.25) is 0 Å². The highest BCUT2D eigenvalue weighted by Gasteiger charge is 2.28. The van der Waals surface area contributed by atoms with E-state index in [1.165, 1.54) is 10.5 Å². The highest BCUT2D eigenvalue weighted by atomic mass is 35.5. The van der Waals surface area contributed by atoms with Gasteiger partial charge in [-0.05, 0) is 25.1 Å². The molecular formula is C19H22ClN2O+. The number of quaternary nitrogens is 1. The summed E-state index contributed by atoms with van der Waals surface area (Å²) in [4.78, 5) is 15.9. The summed E-state index contributed by atoms with van der Waals surface area (Å²) in [7, 11) is 0. The van der Waals surface area contributed by atoms with Crippen molar-refractivity contribution in [3.63, 3.8) is 0 Å². The molecule has 3 rings (SSSR count). The molecule has 0 saturated carbocycles. The first kappa shape index (κ1) is 16.0. The van der Waals surface area contributed by atoms with Gasteiger partial charge < -0.3 is 9.80 Å². The van der Waals surface area contributed by atoms with E-state index in [4.69, 9.17) is 11.6 Å². The van der Waals surface area contributed by atoms with Crippen molar-refractivity contribution in [3.05, 3.63) is 70.7 Å². The number of hydrogen-bond donors (Lipinski definition) is 1. The van der Waals surface area contributed by atoms with Gasteiger partial charge in [-0.3, -0.25) is 4.79 Å². The van der Waals surface area contributed by atoms with Gasteiger partial charge in [0, 0.05) is 16.1 Å². The highest BCUT2D eigenvalue weighted by molar-refractivity contribution is 6.31. The molecule has 23 heavy (non-hydrogen) atoms. The van der Waals surface area contributed by atoms with Crippen molar-refractivity contribution in [1.29, 1.82) is 0 Å². The topological polar surface area (TPSA) is 24.8 Å². The van der Waals surface area contributed by atoms with Crippen molar-refractivity contribution in [2.75, 3.05) is 26.2 Å².